The molecule has 1 N–H and O–H groups in total. The summed E-state index contributed by atoms with van der Waals surface area (Å²) in [5.74, 6) is 0.245. The lowest BCUT2D eigenvalue weighted by molar-refractivity contribution is -0.136. The van der Waals surface area contributed by atoms with Gasteiger partial charge in [0.15, 0.2) is 0 Å². The maximum Gasteiger partial charge on any atom is 0.242 e. The molecule has 19 heavy (non-hydrogen) atoms. The molecule has 2 amide bonds. The van der Waals surface area contributed by atoms with E-state index in [9.17, 15) is 14.7 Å². The van der Waals surface area contributed by atoms with Crippen LogP contribution in [0.5, 0.6) is 0 Å². The number of β-amino-alcohol motifs (C(OH)–C–C–N with tert-alkyl or cyclic N) is 1. The maximum absolute atomic E-state index is 12.2. The number of hydrogen-bond donors (Lipinski definition) is 1. The number of carbonyl (C=O) groups is 2. The van der Waals surface area contributed by atoms with E-state index in [0.29, 0.717) is 25.3 Å². The number of likely N-dealkylation sites (tertiary alicyclic amines) is 1. The molecule has 104 valence electrons. The zero-order chi connectivity index (χ0) is 14.0. The summed E-state index contributed by atoms with van der Waals surface area (Å²) in [6.45, 7) is 4.27. The van der Waals surface area contributed by atoms with Gasteiger partial charge in [-0.2, -0.15) is 0 Å². The molecule has 1 saturated heterocycles. The number of amidine groups is 1. The van der Waals surface area contributed by atoms with E-state index in [1.165, 1.54) is 4.90 Å². The predicted octanol–water partition coefficient (Wildman–Crippen LogP) is 0.134. The van der Waals surface area contributed by atoms with E-state index in [4.69, 9.17) is 0 Å². The second-order valence-corrected chi connectivity index (χ2v) is 5.31. The van der Waals surface area contributed by atoms with Gasteiger partial charge in [-0.3, -0.25) is 14.5 Å². The van der Waals surface area contributed by atoms with Gasteiger partial charge < -0.3 is 10.0 Å². The first kappa shape index (κ1) is 13.7. The zero-order valence-electron chi connectivity index (χ0n) is 11.3. The number of rotatable bonds is 2. The van der Waals surface area contributed by atoms with Crippen molar-refractivity contribution in [2.75, 3.05) is 19.6 Å². The highest BCUT2D eigenvalue weighted by molar-refractivity contribution is 6.01. The van der Waals surface area contributed by atoms with Gasteiger partial charge in [-0.15, -0.1) is 0 Å². The van der Waals surface area contributed by atoms with Gasteiger partial charge in [0.2, 0.25) is 11.8 Å². The van der Waals surface area contributed by atoms with Crippen LogP contribution in [-0.4, -0.2) is 57.8 Å². The van der Waals surface area contributed by atoms with Gasteiger partial charge >= 0.3 is 0 Å². The van der Waals surface area contributed by atoms with Gasteiger partial charge in [-0.1, -0.05) is 6.08 Å². The van der Waals surface area contributed by atoms with E-state index in [0.717, 1.165) is 0 Å². The fourth-order valence-electron chi connectivity index (χ4n) is 2.27. The fraction of sp³-hybridized carbons (Fsp3) is 0.615. The Balaban J connectivity index is 2.01. The first-order valence-corrected chi connectivity index (χ1v) is 6.39. The molecular weight excluding hydrogens is 246 g/mol. The summed E-state index contributed by atoms with van der Waals surface area (Å²) in [4.78, 5) is 31.1. The molecule has 2 aliphatic heterocycles. The molecule has 6 nitrogen and oxygen atoms in total. The molecule has 0 saturated carbocycles. The van der Waals surface area contributed by atoms with Crippen LogP contribution in [0.25, 0.3) is 0 Å². The second-order valence-electron chi connectivity index (χ2n) is 5.31. The molecule has 6 heteroatoms. The standard InChI is InChI=1S/C13H19N3O3/c1-10-14-6-3-4-11(17)16(10)8-12(18)15-7-5-13(2,19)9-15/h3,6,19H,4-5,7-9H2,1-2H3. The van der Waals surface area contributed by atoms with Crippen molar-refractivity contribution in [3.63, 3.8) is 0 Å². The molecule has 1 fully saturated rings. The molecular formula is C13H19N3O3. The van der Waals surface area contributed by atoms with Crippen LogP contribution in [0.1, 0.15) is 26.7 Å². The highest BCUT2D eigenvalue weighted by Gasteiger charge is 2.35. The van der Waals surface area contributed by atoms with Crippen LogP contribution in [-0.2, 0) is 9.59 Å². The van der Waals surface area contributed by atoms with Gasteiger partial charge in [0.05, 0.1) is 5.60 Å². The molecule has 2 heterocycles. The maximum atomic E-state index is 12.2. The Morgan fingerprint density at radius 1 is 1.58 bits per heavy atom. The number of nitrogens with zero attached hydrogens (tertiary/aromatic N) is 3. The Kier molecular flexibility index (Phi) is 3.71. The molecule has 0 aliphatic carbocycles. The number of carbonyl (C=O) groups excluding carboxylic acids is 2. The summed E-state index contributed by atoms with van der Waals surface area (Å²) in [6.07, 6.45) is 4.09. The third kappa shape index (κ3) is 3.20. The van der Waals surface area contributed by atoms with Crippen LogP contribution in [0.4, 0.5) is 0 Å². The molecule has 0 aromatic carbocycles. The molecule has 2 rings (SSSR count). The molecule has 0 radical (unpaired) electrons. The van der Waals surface area contributed by atoms with Crippen LogP contribution in [0.3, 0.4) is 0 Å². The first-order chi connectivity index (χ1) is 8.89. The fourth-order valence-corrected chi connectivity index (χ4v) is 2.27. The van der Waals surface area contributed by atoms with Crippen LogP contribution in [0, 0.1) is 0 Å². The van der Waals surface area contributed by atoms with Crippen molar-refractivity contribution in [2.45, 2.75) is 32.3 Å². The summed E-state index contributed by atoms with van der Waals surface area (Å²) in [5.41, 5.74) is -0.816. The summed E-state index contributed by atoms with van der Waals surface area (Å²) >= 11 is 0. The third-order valence-electron chi connectivity index (χ3n) is 3.45. The van der Waals surface area contributed by atoms with Gasteiger partial charge in [0.1, 0.15) is 12.4 Å². The molecule has 0 bridgehead atoms. The Labute approximate surface area is 112 Å². The Hall–Kier alpha value is -1.69. The van der Waals surface area contributed by atoms with Crippen molar-refractivity contribution in [1.29, 1.82) is 0 Å². The van der Waals surface area contributed by atoms with Gasteiger partial charge in [0, 0.05) is 25.7 Å². The minimum atomic E-state index is -0.816. The van der Waals surface area contributed by atoms with E-state index in [1.54, 1.807) is 31.0 Å². The summed E-state index contributed by atoms with van der Waals surface area (Å²) in [6, 6.07) is 0. The Morgan fingerprint density at radius 3 is 2.95 bits per heavy atom. The summed E-state index contributed by atoms with van der Waals surface area (Å²) in [7, 11) is 0. The topological polar surface area (TPSA) is 73.2 Å². The SMILES string of the molecule is CC1=NC=CCC(=O)N1CC(=O)N1CCC(C)(O)C1. The van der Waals surface area contributed by atoms with Gasteiger partial charge in [-0.05, 0) is 20.3 Å². The van der Waals surface area contributed by atoms with Crippen molar-refractivity contribution in [2.24, 2.45) is 4.99 Å². The van der Waals surface area contributed by atoms with E-state index >= 15 is 0 Å². The van der Waals surface area contributed by atoms with E-state index in [2.05, 4.69) is 4.99 Å². The third-order valence-corrected chi connectivity index (χ3v) is 3.45. The van der Waals surface area contributed by atoms with E-state index < -0.39 is 5.60 Å². The highest BCUT2D eigenvalue weighted by atomic mass is 16.3. The second kappa shape index (κ2) is 5.13. The van der Waals surface area contributed by atoms with Crippen molar-refractivity contribution in [1.82, 2.24) is 9.80 Å². The lowest BCUT2D eigenvalue weighted by atomic mass is 10.1. The number of hydrogen-bond acceptors (Lipinski definition) is 4. The van der Waals surface area contributed by atoms with Crippen molar-refractivity contribution in [3.05, 3.63) is 12.3 Å². The minimum Gasteiger partial charge on any atom is -0.388 e. The van der Waals surface area contributed by atoms with Crippen LogP contribution >= 0.6 is 0 Å². The molecule has 0 spiro atoms. The average molecular weight is 265 g/mol. The number of amides is 2. The average Bonchev–Trinajstić information content (AvgIpc) is 2.63. The highest BCUT2D eigenvalue weighted by Crippen LogP contribution is 2.20. The minimum absolute atomic E-state index is 0.00801. The number of aliphatic hydroxyl groups is 1. The molecule has 2 aliphatic rings. The number of aliphatic imine (C=N–C) groups is 1. The van der Waals surface area contributed by atoms with E-state index in [1.807, 2.05) is 0 Å². The van der Waals surface area contributed by atoms with E-state index in [-0.39, 0.29) is 24.8 Å². The van der Waals surface area contributed by atoms with Crippen LogP contribution < -0.4 is 0 Å². The summed E-state index contributed by atoms with van der Waals surface area (Å²) in [5, 5.41) is 9.86. The van der Waals surface area contributed by atoms with Crippen molar-refractivity contribution >= 4 is 17.6 Å². The lowest BCUT2D eigenvalue weighted by Crippen LogP contribution is -2.44. The molecule has 0 aromatic heterocycles. The van der Waals surface area contributed by atoms with Crippen molar-refractivity contribution in [3.8, 4) is 0 Å². The Morgan fingerprint density at radius 2 is 2.32 bits per heavy atom. The quantitative estimate of drug-likeness (QED) is 0.771. The van der Waals surface area contributed by atoms with Gasteiger partial charge in [-0.25, -0.2) is 4.99 Å². The van der Waals surface area contributed by atoms with Crippen LogP contribution in [0.2, 0.25) is 0 Å². The zero-order valence-corrected chi connectivity index (χ0v) is 11.3. The van der Waals surface area contributed by atoms with Crippen molar-refractivity contribution < 1.29 is 14.7 Å². The summed E-state index contributed by atoms with van der Waals surface area (Å²) < 4.78 is 0. The molecule has 0 aromatic rings. The van der Waals surface area contributed by atoms with Gasteiger partial charge in [0.25, 0.3) is 0 Å². The monoisotopic (exact) mass is 265 g/mol. The molecule has 1 unspecified atom stereocenters. The first-order valence-electron chi connectivity index (χ1n) is 6.39. The van der Waals surface area contributed by atoms with Crippen LogP contribution in [0.15, 0.2) is 17.3 Å². The lowest BCUT2D eigenvalue weighted by Gasteiger charge is -2.24. The Bertz CT molecular complexity index is 454. The smallest absolute Gasteiger partial charge is 0.242 e. The predicted molar refractivity (Wildman–Crippen MR) is 70.4 cm³/mol. The molecule has 1 atom stereocenters. The normalized spacial score (nSPS) is 27.5. The largest absolute Gasteiger partial charge is 0.388 e.